The first-order valence-electron chi connectivity index (χ1n) is 10.1. The SMILES string of the molecule is CC(=CC[P+](c1ccccc1)(c1ccccc1)c1ccccc1)c1ccccc1.[Br-]. The highest BCUT2D eigenvalue weighted by molar-refractivity contribution is 7.95. The molecule has 0 aliphatic carbocycles. The topological polar surface area (TPSA) is 0 Å². The Bertz CT molecular complexity index is 962. The molecule has 0 nitrogen and oxygen atoms in total. The summed E-state index contributed by atoms with van der Waals surface area (Å²) in [5.74, 6) is 0. The van der Waals surface area contributed by atoms with Gasteiger partial charge in [0.2, 0.25) is 0 Å². The molecule has 0 bridgehead atoms. The first kappa shape index (κ1) is 22.2. The van der Waals surface area contributed by atoms with Crippen LogP contribution in [-0.2, 0) is 0 Å². The van der Waals surface area contributed by atoms with E-state index in [1.807, 2.05) is 0 Å². The van der Waals surface area contributed by atoms with Crippen LogP contribution in [0.5, 0.6) is 0 Å². The summed E-state index contributed by atoms with van der Waals surface area (Å²) in [5, 5.41) is 4.28. The highest BCUT2D eigenvalue weighted by Crippen LogP contribution is 2.55. The number of hydrogen-bond donors (Lipinski definition) is 0. The van der Waals surface area contributed by atoms with Gasteiger partial charge in [-0.2, -0.15) is 0 Å². The van der Waals surface area contributed by atoms with Gasteiger partial charge < -0.3 is 17.0 Å². The van der Waals surface area contributed by atoms with Crippen molar-refractivity contribution in [3.63, 3.8) is 0 Å². The van der Waals surface area contributed by atoms with E-state index in [9.17, 15) is 0 Å². The Balaban J connectivity index is 0.00000256. The van der Waals surface area contributed by atoms with Crippen LogP contribution in [0, 0.1) is 0 Å². The van der Waals surface area contributed by atoms with Gasteiger partial charge in [0, 0.05) is 0 Å². The number of hydrogen-bond acceptors (Lipinski definition) is 0. The molecule has 0 atom stereocenters. The molecule has 0 saturated heterocycles. The average molecular weight is 473 g/mol. The first-order valence-corrected chi connectivity index (χ1v) is 12.1. The number of allylic oxidation sites excluding steroid dienone is 2. The van der Waals surface area contributed by atoms with Gasteiger partial charge in [-0.05, 0) is 60.5 Å². The van der Waals surface area contributed by atoms with Crippen molar-refractivity contribution in [1.29, 1.82) is 0 Å². The lowest BCUT2D eigenvalue weighted by Crippen LogP contribution is -3.00. The Morgan fingerprint density at radius 1 is 0.567 bits per heavy atom. The summed E-state index contributed by atoms with van der Waals surface area (Å²) >= 11 is 0. The maximum atomic E-state index is 2.44. The van der Waals surface area contributed by atoms with Crippen LogP contribution in [0.25, 0.3) is 5.57 Å². The summed E-state index contributed by atoms with van der Waals surface area (Å²) in [6.07, 6.45) is 3.45. The van der Waals surface area contributed by atoms with Crippen LogP contribution in [0.2, 0.25) is 0 Å². The Morgan fingerprint density at radius 3 is 1.27 bits per heavy atom. The van der Waals surface area contributed by atoms with Crippen LogP contribution in [0.3, 0.4) is 0 Å². The molecule has 30 heavy (non-hydrogen) atoms. The van der Waals surface area contributed by atoms with Crippen LogP contribution in [0.15, 0.2) is 127 Å². The molecular weight excluding hydrogens is 447 g/mol. The van der Waals surface area contributed by atoms with E-state index in [-0.39, 0.29) is 17.0 Å². The Kier molecular flexibility index (Phi) is 7.80. The smallest absolute Gasteiger partial charge is 0.115 e. The molecule has 2 heteroatoms. The zero-order valence-corrected chi connectivity index (χ0v) is 19.6. The van der Waals surface area contributed by atoms with E-state index in [0.29, 0.717) is 0 Å². The van der Waals surface area contributed by atoms with Crippen LogP contribution in [-0.4, -0.2) is 6.16 Å². The van der Waals surface area contributed by atoms with Crippen molar-refractivity contribution in [3.05, 3.63) is 133 Å². The van der Waals surface area contributed by atoms with Gasteiger partial charge in [-0.25, -0.2) is 0 Å². The minimum Gasteiger partial charge on any atom is -1.00 e. The molecule has 0 spiro atoms. The molecule has 0 aliphatic rings. The van der Waals surface area contributed by atoms with Gasteiger partial charge in [0.25, 0.3) is 0 Å². The highest BCUT2D eigenvalue weighted by atomic mass is 79.9. The molecular formula is C28H26BrP. The molecule has 0 aliphatic heterocycles. The zero-order chi connectivity index (χ0) is 19.9. The lowest BCUT2D eigenvalue weighted by Gasteiger charge is -2.27. The molecule has 0 amide bonds. The molecule has 0 aromatic heterocycles. The maximum absolute atomic E-state index is 2.44. The fraction of sp³-hybridized carbons (Fsp3) is 0.0714. The van der Waals surface area contributed by atoms with Gasteiger partial charge in [0.15, 0.2) is 0 Å². The summed E-state index contributed by atoms with van der Waals surface area (Å²) in [6.45, 7) is 2.23. The van der Waals surface area contributed by atoms with E-state index in [2.05, 4.69) is 134 Å². The number of halogens is 1. The number of benzene rings is 4. The van der Waals surface area contributed by atoms with Crippen molar-refractivity contribution in [1.82, 2.24) is 0 Å². The van der Waals surface area contributed by atoms with Crippen molar-refractivity contribution >= 4 is 28.7 Å². The van der Waals surface area contributed by atoms with Crippen molar-refractivity contribution in [2.75, 3.05) is 6.16 Å². The zero-order valence-electron chi connectivity index (χ0n) is 17.2. The lowest BCUT2D eigenvalue weighted by molar-refractivity contribution is -0.00000563. The van der Waals surface area contributed by atoms with E-state index in [0.717, 1.165) is 6.16 Å². The second kappa shape index (κ2) is 10.5. The molecule has 4 aromatic rings. The van der Waals surface area contributed by atoms with Crippen LogP contribution >= 0.6 is 7.26 Å². The van der Waals surface area contributed by atoms with Gasteiger partial charge in [0.05, 0.1) is 6.16 Å². The minimum absolute atomic E-state index is 0. The predicted molar refractivity (Wildman–Crippen MR) is 130 cm³/mol. The van der Waals surface area contributed by atoms with E-state index in [1.54, 1.807) is 0 Å². The van der Waals surface area contributed by atoms with Crippen molar-refractivity contribution in [2.24, 2.45) is 0 Å². The fourth-order valence-corrected chi connectivity index (χ4v) is 8.02. The Hall–Kier alpha value is -2.47. The van der Waals surface area contributed by atoms with Gasteiger partial charge in [-0.1, -0.05) is 84.9 Å². The molecule has 0 radical (unpaired) electrons. The summed E-state index contributed by atoms with van der Waals surface area (Å²) in [7, 11) is -1.80. The summed E-state index contributed by atoms with van der Waals surface area (Å²) in [4.78, 5) is 0. The van der Waals surface area contributed by atoms with Gasteiger partial charge in [-0.3, -0.25) is 0 Å². The molecule has 4 rings (SSSR count). The third-order valence-corrected chi connectivity index (χ3v) is 9.76. The van der Waals surface area contributed by atoms with E-state index in [1.165, 1.54) is 27.1 Å². The van der Waals surface area contributed by atoms with Crippen molar-refractivity contribution in [3.8, 4) is 0 Å². The molecule has 150 valence electrons. The largest absolute Gasteiger partial charge is 1.00 e. The summed E-state index contributed by atoms with van der Waals surface area (Å²) < 4.78 is 0. The fourth-order valence-electron chi connectivity index (χ4n) is 3.90. The lowest BCUT2D eigenvalue weighted by atomic mass is 10.1. The molecule has 0 unspecified atom stereocenters. The quantitative estimate of drug-likeness (QED) is 0.378. The first-order chi connectivity index (χ1) is 14.3. The van der Waals surface area contributed by atoms with Crippen LogP contribution in [0.4, 0.5) is 0 Å². The Morgan fingerprint density at radius 2 is 0.900 bits per heavy atom. The Labute approximate surface area is 191 Å². The third kappa shape index (κ3) is 4.64. The highest BCUT2D eigenvalue weighted by Gasteiger charge is 2.44. The van der Waals surface area contributed by atoms with Gasteiger partial charge in [0.1, 0.15) is 23.2 Å². The van der Waals surface area contributed by atoms with Crippen molar-refractivity contribution < 1.29 is 17.0 Å². The standard InChI is InChI=1S/C28H26P.BrH/c1-24(25-14-6-2-7-15-25)22-23-29(26-16-8-3-9-17-26,27-18-10-4-11-19-27)28-20-12-5-13-21-28;/h2-22H,23H2,1H3;1H/q+1;/p-1. The third-order valence-electron chi connectivity index (χ3n) is 5.49. The summed E-state index contributed by atoms with van der Waals surface area (Å²) in [5.41, 5.74) is 2.62. The minimum atomic E-state index is -1.80. The summed E-state index contributed by atoms with van der Waals surface area (Å²) in [6, 6.07) is 43.9. The monoisotopic (exact) mass is 472 g/mol. The number of rotatable bonds is 6. The molecule has 4 aromatic carbocycles. The molecule has 0 heterocycles. The van der Waals surface area contributed by atoms with E-state index < -0.39 is 7.26 Å². The second-order valence-electron chi connectivity index (χ2n) is 7.25. The van der Waals surface area contributed by atoms with Gasteiger partial charge >= 0.3 is 0 Å². The predicted octanol–water partition coefficient (Wildman–Crippen LogP) is 3.09. The van der Waals surface area contributed by atoms with E-state index >= 15 is 0 Å². The van der Waals surface area contributed by atoms with E-state index in [4.69, 9.17) is 0 Å². The average Bonchev–Trinajstić information content (AvgIpc) is 2.82. The van der Waals surface area contributed by atoms with Crippen LogP contribution in [0.1, 0.15) is 12.5 Å². The van der Waals surface area contributed by atoms with Crippen LogP contribution < -0.4 is 32.9 Å². The molecule has 0 saturated carbocycles. The maximum Gasteiger partial charge on any atom is 0.115 e. The van der Waals surface area contributed by atoms with Gasteiger partial charge in [-0.15, -0.1) is 0 Å². The second-order valence-corrected chi connectivity index (χ2v) is 10.8. The molecule has 0 fully saturated rings. The van der Waals surface area contributed by atoms with Crippen molar-refractivity contribution in [2.45, 2.75) is 6.92 Å². The molecule has 0 N–H and O–H groups in total. The normalized spacial score (nSPS) is 11.6.